The fraction of sp³-hybridized carbons (Fsp3) is 0.500. The van der Waals surface area contributed by atoms with Crippen LogP contribution in [-0.4, -0.2) is 43.3 Å². The highest BCUT2D eigenvalue weighted by atomic mass is 32.1. The Labute approximate surface area is 115 Å². The summed E-state index contributed by atoms with van der Waals surface area (Å²) in [6.07, 6.45) is 0.292. The molecule has 0 aromatic carbocycles. The number of piperidine rings is 1. The molecule has 6 nitrogen and oxygen atoms in total. The van der Waals surface area contributed by atoms with Crippen molar-refractivity contribution in [3.05, 3.63) is 22.4 Å². The zero-order valence-electron chi connectivity index (χ0n) is 10.7. The van der Waals surface area contributed by atoms with Crippen molar-refractivity contribution >= 4 is 23.5 Å². The first kappa shape index (κ1) is 13.7. The molecular formula is C12H17N3O3S. The van der Waals surface area contributed by atoms with E-state index in [9.17, 15) is 9.59 Å². The van der Waals surface area contributed by atoms with E-state index in [0.717, 1.165) is 6.42 Å². The Hall–Kier alpha value is -1.76. The molecule has 1 aliphatic heterocycles. The van der Waals surface area contributed by atoms with Crippen LogP contribution < -0.4 is 11.1 Å². The lowest BCUT2D eigenvalue weighted by molar-refractivity contribution is 0.146. The topological polar surface area (TPSA) is 84.7 Å². The van der Waals surface area contributed by atoms with E-state index in [-0.39, 0.29) is 12.0 Å². The van der Waals surface area contributed by atoms with Crippen LogP contribution in [0.3, 0.4) is 0 Å². The number of hydrogen-bond donors (Lipinski definition) is 2. The van der Waals surface area contributed by atoms with Crippen molar-refractivity contribution in [2.45, 2.75) is 18.4 Å². The van der Waals surface area contributed by atoms with Gasteiger partial charge in [-0.25, -0.2) is 9.59 Å². The van der Waals surface area contributed by atoms with Gasteiger partial charge in [-0.05, 0) is 17.9 Å². The average molecular weight is 283 g/mol. The highest BCUT2D eigenvalue weighted by Crippen LogP contribution is 2.30. The summed E-state index contributed by atoms with van der Waals surface area (Å²) in [6.45, 7) is 1.02. The van der Waals surface area contributed by atoms with E-state index in [0.29, 0.717) is 13.1 Å². The minimum Gasteiger partial charge on any atom is -0.453 e. The summed E-state index contributed by atoms with van der Waals surface area (Å²) >= 11 is 1.65. The van der Waals surface area contributed by atoms with Gasteiger partial charge in [-0.15, -0.1) is 11.3 Å². The number of alkyl carbamates (subject to hydrolysis) is 1. The number of methoxy groups -OCH3 is 1. The van der Waals surface area contributed by atoms with Gasteiger partial charge in [0.25, 0.3) is 0 Å². The molecule has 1 saturated heterocycles. The number of carbonyl (C=O) groups is 2. The molecule has 7 heteroatoms. The van der Waals surface area contributed by atoms with E-state index in [1.807, 2.05) is 17.5 Å². The zero-order chi connectivity index (χ0) is 13.8. The number of hydrogen-bond acceptors (Lipinski definition) is 4. The third-order valence-corrected chi connectivity index (χ3v) is 4.25. The van der Waals surface area contributed by atoms with E-state index < -0.39 is 12.1 Å². The molecule has 0 spiro atoms. The smallest absolute Gasteiger partial charge is 0.407 e. The number of ether oxygens (including phenoxy) is 1. The van der Waals surface area contributed by atoms with Crippen LogP contribution in [-0.2, 0) is 4.74 Å². The van der Waals surface area contributed by atoms with E-state index >= 15 is 0 Å². The first-order valence-electron chi connectivity index (χ1n) is 6.02. The van der Waals surface area contributed by atoms with Crippen LogP contribution in [0.1, 0.15) is 17.2 Å². The molecule has 0 aliphatic carbocycles. The Bertz CT molecular complexity index is 449. The lowest BCUT2D eigenvalue weighted by Crippen LogP contribution is -2.53. The number of rotatable bonds is 2. The maximum Gasteiger partial charge on any atom is 0.407 e. The molecule has 3 N–H and O–H groups in total. The van der Waals surface area contributed by atoms with Gasteiger partial charge in [0.2, 0.25) is 0 Å². The minimum absolute atomic E-state index is 0.138. The van der Waals surface area contributed by atoms with Crippen molar-refractivity contribution in [1.82, 2.24) is 10.2 Å². The molecule has 2 atom stereocenters. The highest BCUT2D eigenvalue weighted by molar-refractivity contribution is 7.10. The summed E-state index contributed by atoms with van der Waals surface area (Å²) in [6, 6.07) is 3.42. The summed E-state index contributed by atoms with van der Waals surface area (Å²) in [7, 11) is 1.32. The van der Waals surface area contributed by atoms with Gasteiger partial charge >= 0.3 is 12.1 Å². The highest BCUT2D eigenvalue weighted by Gasteiger charge is 2.31. The summed E-state index contributed by atoms with van der Waals surface area (Å²) in [5.74, 6) is 0.198. The van der Waals surface area contributed by atoms with Crippen molar-refractivity contribution in [1.29, 1.82) is 0 Å². The van der Waals surface area contributed by atoms with Crippen LogP contribution in [0.2, 0.25) is 0 Å². The lowest BCUT2D eigenvalue weighted by atomic mass is 9.93. The van der Waals surface area contributed by atoms with E-state index in [1.165, 1.54) is 12.0 Å². The van der Waals surface area contributed by atoms with E-state index in [2.05, 4.69) is 10.1 Å². The second-order valence-electron chi connectivity index (χ2n) is 4.52. The largest absolute Gasteiger partial charge is 0.453 e. The number of thiophene rings is 1. The fourth-order valence-electron chi connectivity index (χ4n) is 2.34. The van der Waals surface area contributed by atoms with Gasteiger partial charge in [0, 0.05) is 23.9 Å². The minimum atomic E-state index is -0.485. The fourth-order valence-corrected chi connectivity index (χ4v) is 3.17. The van der Waals surface area contributed by atoms with Gasteiger partial charge in [-0.1, -0.05) is 6.07 Å². The number of primary amides is 1. The molecule has 19 heavy (non-hydrogen) atoms. The van der Waals surface area contributed by atoms with Crippen LogP contribution in [0.25, 0.3) is 0 Å². The summed E-state index contributed by atoms with van der Waals surface area (Å²) in [5, 5.41) is 4.74. The molecule has 1 aromatic heterocycles. The number of carbonyl (C=O) groups excluding carboxylic acids is 2. The molecule has 1 fully saturated rings. The van der Waals surface area contributed by atoms with E-state index in [1.54, 1.807) is 16.2 Å². The van der Waals surface area contributed by atoms with Crippen molar-refractivity contribution < 1.29 is 14.3 Å². The van der Waals surface area contributed by atoms with Gasteiger partial charge in [0.05, 0.1) is 13.2 Å². The third-order valence-electron chi connectivity index (χ3n) is 3.22. The number of urea groups is 1. The molecule has 1 aliphatic rings. The summed E-state index contributed by atoms with van der Waals surface area (Å²) in [5.41, 5.74) is 5.35. The Morgan fingerprint density at radius 3 is 2.89 bits per heavy atom. The van der Waals surface area contributed by atoms with Gasteiger partial charge in [0.1, 0.15) is 0 Å². The third kappa shape index (κ3) is 3.37. The monoisotopic (exact) mass is 283 g/mol. The number of amides is 3. The molecule has 2 rings (SSSR count). The van der Waals surface area contributed by atoms with Crippen molar-refractivity contribution in [2.24, 2.45) is 5.73 Å². The Balaban J connectivity index is 2.08. The molecule has 0 bridgehead atoms. The summed E-state index contributed by atoms with van der Waals surface area (Å²) in [4.78, 5) is 25.4. The van der Waals surface area contributed by atoms with Crippen LogP contribution >= 0.6 is 11.3 Å². The maximum atomic E-state index is 11.4. The van der Waals surface area contributed by atoms with Gasteiger partial charge in [0.15, 0.2) is 0 Å². The predicted octanol–water partition coefficient (Wildman–Crippen LogP) is 1.34. The van der Waals surface area contributed by atoms with Crippen LogP contribution in [0.15, 0.2) is 17.5 Å². The molecule has 2 unspecified atom stereocenters. The second kappa shape index (κ2) is 5.92. The normalized spacial score (nSPS) is 22.9. The molecule has 2 heterocycles. The molecular weight excluding hydrogens is 266 g/mol. The van der Waals surface area contributed by atoms with Crippen molar-refractivity contribution in [2.75, 3.05) is 20.2 Å². The zero-order valence-corrected chi connectivity index (χ0v) is 11.5. The van der Waals surface area contributed by atoms with Crippen LogP contribution in [0.5, 0.6) is 0 Å². The lowest BCUT2D eigenvalue weighted by Gasteiger charge is -2.36. The average Bonchev–Trinajstić information content (AvgIpc) is 2.92. The molecule has 3 amide bonds. The van der Waals surface area contributed by atoms with Crippen molar-refractivity contribution in [3.8, 4) is 0 Å². The number of likely N-dealkylation sites (tertiary alicyclic amines) is 1. The molecule has 0 saturated carbocycles. The quantitative estimate of drug-likeness (QED) is 0.859. The van der Waals surface area contributed by atoms with Crippen molar-refractivity contribution in [3.63, 3.8) is 0 Å². The number of nitrogens with two attached hydrogens (primary N) is 1. The first-order chi connectivity index (χ1) is 9.10. The maximum absolute atomic E-state index is 11.4. The Kier molecular flexibility index (Phi) is 4.26. The molecule has 0 radical (unpaired) electrons. The van der Waals surface area contributed by atoms with Crippen LogP contribution in [0.4, 0.5) is 9.59 Å². The SMILES string of the molecule is COC(=O)NC1CC(c2cccs2)CN(C(N)=O)C1. The first-order valence-corrected chi connectivity index (χ1v) is 6.90. The van der Waals surface area contributed by atoms with Gasteiger partial charge < -0.3 is 20.7 Å². The molecule has 1 aromatic rings. The Morgan fingerprint density at radius 2 is 2.32 bits per heavy atom. The van der Waals surface area contributed by atoms with E-state index in [4.69, 9.17) is 5.73 Å². The van der Waals surface area contributed by atoms with Gasteiger partial charge in [-0.2, -0.15) is 0 Å². The second-order valence-corrected chi connectivity index (χ2v) is 5.50. The van der Waals surface area contributed by atoms with Gasteiger partial charge in [-0.3, -0.25) is 0 Å². The predicted molar refractivity (Wildman–Crippen MR) is 72.2 cm³/mol. The number of nitrogens with one attached hydrogen (secondary N) is 1. The Morgan fingerprint density at radius 1 is 1.53 bits per heavy atom. The molecule has 104 valence electrons. The number of nitrogens with zero attached hydrogens (tertiary/aromatic N) is 1. The summed E-state index contributed by atoms with van der Waals surface area (Å²) < 4.78 is 4.59. The van der Waals surface area contributed by atoms with Crippen LogP contribution in [0, 0.1) is 0 Å². The standard InChI is InChI=1S/C12H17N3O3S/c1-18-12(17)14-9-5-8(10-3-2-4-19-10)6-15(7-9)11(13)16/h2-4,8-9H,5-7H2,1H3,(H2,13,16)(H,14,17).